The number of phenolic OH excluding ortho intramolecular Hbond substituents is 1. The summed E-state index contributed by atoms with van der Waals surface area (Å²) in [7, 11) is 0. The van der Waals surface area contributed by atoms with Gasteiger partial charge in [-0.05, 0) is 65.4 Å². The van der Waals surface area contributed by atoms with E-state index >= 15 is 0 Å². The Morgan fingerprint density at radius 1 is 0.935 bits per heavy atom. The lowest BCUT2D eigenvalue weighted by Gasteiger charge is -2.15. The van der Waals surface area contributed by atoms with Gasteiger partial charge in [-0.3, -0.25) is 14.7 Å². The fourth-order valence-electron chi connectivity index (χ4n) is 5.72. The predicted molar refractivity (Wildman–Crippen MR) is 175 cm³/mol. The summed E-state index contributed by atoms with van der Waals surface area (Å²) in [5.74, 6) is -0.530. The third kappa shape index (κ3) is 6.55. The van der Waals surface area contributed by atoms with Crippen molar-refractivity contribution < 1.29 is 24.5 Å². The van der Waals surface area contributed by atoms with Crippen molar-refractivity contribution >= 4 is 33.8 Å². The zero-order chi connectivity index (χ0) is 32.2. The molecule has 6 aromatic rings. The number of rotatable bonds is 11. The molecule has 2 heterocycles. The number of oxazole rings is 1. The first-order chi connectivity index (χ1) is 22.3. The standard InChI is InChI=1S/C35H32N4O7/c40-29-13-11-25(26-12-15-32(42)38-33(26)29)30(41)20-36-19-22-9-14-31-28(18-22)39(35(45)46-31)16-4-5-21-8-10-24(23-6-2-1-3-7-23)27(17-21)37-34(43)44/h1-3,6-15,17-18,30,36-37,40-41H,4-5,16,19-20H2,(H,38,42)(H,43,44)/t30-/m1/s1. The van der Waals surface area contributed by atoms with E-state index in [-0.39, 0.29) is 23.4 Å². The van der Waals surface area contributed by atoms with Crippen LogP contribution < -0.4 is 21.9 Å². The van der Waals surface area contributed by atoms with E-state index in [9.17, 15) is 29.7 Å². The number of pyridine rings is 1. The third-order valence-corrected chi connectivity index (χ3v) is 7.92. The van der Waals surface area contributed by atoms with Crippen molar-refractivity contribution in [3.8, 4) is 16.9 Å². The van der Waals surface area contributed by atoms with E-state index in [0.29, 0.717) is 53.7 Å². The molecule has 0 unspecified atom stereocenters. The first kappa shape index (κ1) is 30.4. The number of phenols is 1. The Kier molecular flexibility index (Phi) is 8.68. The summed E-state index contributed by atoms with van der Waals surface area (Å²) in [5.41, 5.74) is 5.62. The second kappa shape index (κ2) is 13.1. The van der Waals surface area contributed by atoms with Gasteiger partial charge in [0.15, 0.2) is 5.58 Å². The van der Waals surface area contributed by atoms with E-state index in [0.717, 1.165) is 22.3 Å². The molecule has 234 valence electrons. The van der Waals surface area contributed by atoms with Gasteiger partial charge in [-0.2, -0.15) is 0 Å². The summed E-state index contributed by atoms with van der Waals surface area (Å²) in [6.07, 6.45) is -0.817. The van der Waals surface area contributed by atoms with Gasteiger partial charge in [0.25, 0.3) is 0 Å². The summed E-state index contributed by atoms with van der Waals surface area (Å²) >= 11 is 0. The van der Waals surface area contributed by atoms with Crippen molar-refractivity contribution in [2.24, 2.45) is 0 Å². The van der Waals surface area contributed by atoms with Gasteiger partial charge in [-0.25, -0.2) is 9.59 Å². The van der Waals surface area contributed by atoms with E-state index in [1.807, 2.05) is 60.7 Å². The Bertz CT molecular complexity index is 2150. The smallest absolute Gasteiger partial charge is 0.419 e. The molecule has 1 atom stereocenters. The number of carbonyl (C=O) groups is 1. The molecule has 0 bridgehead atoms. The monoisotopic (exact) mass is 620 g/mol. The molecule has 0 spiro atoms. The number of benzene rings is 4. The number of H-pyrrole nitrogens is 1. The number of aliphatic hydroxyl groups is 1. The minimum Gasteiger partial charge on any atom is -0.506 e. The highest BCUT2D eigenvalue weighted by Gasteiger charge is 2.15. The van der Waals surface area contributed by atoms with Crippen molar-refractivity contribution in [1.82, 2.24) is 14.9 Å². The molecule has 0 aliphatic rings. The van der Waals surface area contributed by atoms with Crippen molar-refractivity contribution in [2.45, 2.75) is 32.0 Å². The van der Waals surface area contributed by atoms with E-state index in [1.165, 1.54) is 12.1 Å². The predicted octanol–water partition coefficient (Wildman–Crippen LogP) is 5.35. The molecule has 6 N–H and O–H groups in total. The van der Waals surface area contributed by atoms with Crippen LogP contribution in [0.2, 0.25) is 0 Å². The molecule has 11 heteroatoms. The van der Waals surface area contributed by atoms with Gasteiger partial charge < -0.3 is 30.0 Å². The molecule has 0 aliphatic heterocycles. The Hall–Kier alpha value is -5.65. The molecule has 6 rings (SSSR count). The maximum Gasteiger partial charge on any atom is 0.419 e. The summed E-state index contributed by atoms with van der Waals surface area (Å²) in [5, 5.41) is 36.7. The highest BCUT2D eigenvalue weighted by Crippen LogP contribution is 2.30. The van der Waals surface area contributed by atoms with Crippen LogP contribution in [0.25, 0.3) is 33.1 Å². The molecule has 0 saturated carbocycles. The number of fused-ring (bicyclic) bond motifs is 2. The van der Waals surface area contributed by atoms with Crippen LogP contribution in [-0.4, -0.2) is 37.5 Å². The number of carboxylic acid groups (broad SMARTS) is 1. The number of aryl methyl sites for hydroxylation is 2. The highest BCUT2D eigenvalue weighted by molar-refractivity contribution is 5.91. The van der Waals surface area contributed by atoms with Gasteiger partial charge in [0.05, 0.1) is 22.8 Å². The molecule has 1 amide bonds. The Balaban J connectivity index is 1.12. The quantitative estimate of drug-likeness (QED) is 0.113. The van der Waals surface area contributed by atoms with Gasteiger partial charge in [0, 0.05) is 36.7 Å². The molecular weight excluding hydrogens is 588 g/mol. The summed E-state index contributed by atoms with van der Waals surface area (Å²) in [6.45, 7) is 1.02. The number of hydrogen-bond donors (Lipinski definition) is 6. The van der Waals surface area contributed by atoms with Crippen LogP contribution >= 0.6 is 0 Å². The Morgan fingerprint density at radius 2 is 1.74 bits per heavy atom. The second-order valence-corrected chi connectivity index (χ2v) is 11.0. The number of hydrogen-bond acceptors (Lipinski definition) is 7. The minimum atomic E-state index is -1.14. The number of anilines is 1. The maximum absolute atomic E-state index is 12.7. The lowest BCUT2D eigenvalue weighted by Crippen LogP contribution is -2.21. The number of amides is 1. The largest absolute Gasteiger partial charge is 0.506 e. The fraction of sp³-hybridized carbons (Fsp3) is 0.171. The SMILES string of the molecule is O=C(O)Nc1cc(CCCn2c(=O)oc3ccc(CNC[C@@H](O)c4ccc(O)c5[nH]c(=O)ccc45)cc32)ccc1-c1ccccc1. The normalized spacial score (nSPS) is 12.0. The number of aromatic amines is 1. The topological polar surface area (TPSA) is 170 Å². The van der Waals surface area contributed by atoms with Gasteiger partial charge in [-0.15, -0.1) is 0 Å². The molecule has 46 heavy (non-hydrogen) atoms. The summed E-state index contributed by atoms with van der Waals surface area (Å²) in [6, 6.07) is 26.7. The van der Waals surface area contributed by atoms with E-state index in [4.69, 9.17) is 4.42 Å². The molecule has 2 aromatic heterocycles. The van der Waals surface area contributed by atoms with E-state index in [1.54, 1.807) is 22.8 Å². The zero-order valence-electron chi connectivity index (χ0n) is 24.7. The van der Waals surface area contributed by atoms with Crippen molar-refractivity contribution in [3.05, 3.63) is 129 Å². The van der Waals surface area contributed by atoms with Crippen LogP contribution in [-0.2, 0) is 19.5 Å². The first-order valence-electron chi connectivity index (χ1n) is 14.8. The van der Waals surface area contributed by atoms with Gasteiger partial charge in [0.2, 0.25) is 5.56 Å². The van der Waals surface area contributed by atoms with Gasteiger partial charge >= 0.3 is 11.8 Å². The molecule has 4 aromatic carbocycles. The van der Waals surface area contributed by atoms with E-state index in [2.05, 4.69) is 15.6 Å². The van der Waals surface area contributed by atoms with Crippen LogP contribution in [0.5, 0.6) is 5.75 Å². The van der Waals surface area contributed by atoms with Crippen LogP contribution in [0.3, 0.4) is 0 Å². The Labute approximate surface area is 262 Å². The van der Waals surface area contributed by atoms with Crippen molar-refractivity contribution in [2.75, 3.05) is 11.9 Å². The summed E-state index contributed by atoms with van der Waals surface area (Å²) < 4.78 is 7.06. The average Bonchev–Trinajstić information content (AvgIpc) is 3.35. The fourth-order valence-corrected chi connectivity index (χ4v) is 5.72. The van der Waals surface area contributed by atoms with Crippen LogP contribution in [0.4, 0.5) is 10.5 Å². The molecule has 11 nitrogen and oxygen atoms in total. The molecule has 0 radical (unpaired) electrons. The lowest BCUT2D eigenvalue weighted by molar-refractivity contribution is 0.176. The molecule has 0 fully saturated rings. The highest BCUT2D eigenvalue weighted by atomic mass is 16.4. The third-order valence-electron chi connectivity index (χ3n) is 7.92. The van der Waals surface area contributed by atoms with Crippen molar-refractivity contribution in [1.29, 1.82) is 0 Å². The van der Waals surface area contributed by atoms with Gasteiger partial charge in [0.1, 0.15) is 5.75 Å². The first-order valence-corrected chi connectivity index (χ1v) is 14.8. The van der Waals surface area contributed by atoms with Crippen LogP contribution in [0.15, 0.2) is 105 Å². The molecule has 0 saturated heterocycles. The van der Waals surface area contributed by atoms with Crippen molar-refractivity contribution in [3.63, 3.8) is 0 Å². The van der Waals surface area contributed by atoms with Crippen LogP contribution in [0.1, 0.15) is 29.2 Å². The second-order valence-electron chi connectivity index (χ2n) is 11.0. The Morgan fingerprint density at radius 3 is 2.54 bits per heavy atom. The van der Waals surface area contributed by atoms with Gasteiger partial charge in [-0.1, -0.05) is 54.6 Å². The summed E-state index contributed by atoms with van der Waals surface area (Å²) in [4.78, 5) is 38.5. The van der Waals surface area contributed by atoms with E-state index < -0.39 is 18.0 Å². The number of aromatic nitrogens is 2. The number of aromatic hydroxyl groups is 1. The van der Waals surface area contributed by atoms with Crippen LogP contribution in [0, 0.1) is 0 Å². The number of nitrogens with one attached hydrogen (secondary N) is 3. The number of nitrogens with zero attached hydrogens (tertiary/aromatic N) is 1. The molecular formula is C35H32N4O7. The molecule has 0 aliphatic carbocycles. The minimum absolute atomic E-state index is 0.0722. The number of aliphatic hydroxyl groups excluding tert-OH is 1. The maximum atomic E-state index is 12.7. The lowest BCUT2D eigenvalue weighted by atomic mass is 9.99. The zero-order valence-corrected chi connectivity index (χ0v) is 24.7. The average molecular weight is 621 g/mol.